The fraction of sp³-hybridized carbons (Fsp3) is 0.214. The van der Waals surface area contributed by atoms with E-state index >= 15 is 0 Å². The number of anilines is 1. The first kappa shape index (κ1) is 14.6. The van der Waals surface area contributed by atoms with Gasteiger partial charge in [0.15, 0.2) is 0 Å². The Balaban J connectivity index is 1.75. The highest BCUT2D eigenvalue weighted by Gasteiger charge is 2.00. The summed E-state index contributed by atoms with van der Waals surface area (Å²) in [6.07, 6.45) is 4.99. The number of carbonyl (C=O) groups excluding carboxylic acids is 1. The van der Waals surface area contributed by atoms with Crippen LogP contribution in [0, 0.1) is 0 Å². The van der Waals surface area contributed by atoms with Gasteiger partial charge < -0.3 is 10.1 Å². The fourth-order valence-electron chi connectivity index (χ4n) is 1.62. The lowest BCUT2D eigenvalue weighted by atomic mass is 10.3. The lowest BCUT2D eigenvalue weighted by molar-refractivity contribution is -0.119. The molecule has 0 saturated carbocycles. The van der Waals surface area contributed by atoms with Crippen LogP contribution in [0.4, 0.5) is 5.69 Å². The molecule has 0 atom stereocenters. The second-order valence-corrected chi connectivity index (χ2v) is 4.32. The fourth-order valence-corrected chi connectivity index (χ4v) is 1.62. The van der Waals surface area contributed by atoms with Gasteiger partial charge in [0.2, 0.25) is 0 Å². The maximum Gasteiger partial charge on any atom is 0.259 e. The summed E-state index contributed by atoms with van der Waals surface area (Å²) in [7, 11) is 3.42. The molecule has 0 fully saturated rings. The van der Waals surface area contributed by atoms with E-state index < -0.39 is 0 Å². The molecule has 1 aromatic carbocycles. The largest absolute Gasteiger partial charge is 0.497 e. The molecule has 0 unspecified atom stereocenters. The molecular formula is C14H17N5O2. The van der Waals surface area contributed by atoms with Crippen LogP contribution in [-0.2, 0) is 11.8 Å². The molecule has 1 amide bonds. The Morgan fingerprint density at radius 3 is 2.81 bits per heavy atom. The minimum Gasteiger partial charge on any atom is -0.497 e. The third-order valence-electron chi connectivity index (χ3n) is 2.67. The van der Waals surface area contributed by atoms with Crippen LogP contribution in [-0.4, -0.2) is 35.6 Å². The molecule has 0 bridgehead atoms. The van der Waals surface area contributed by atoms with E-state index in [1.807, 2.05) is 31.3 Å². The van der Waals surface area contributed by atoms with Gasteiger partial charge in [0, 0.05) is 24.5 Å². The number of nitrogens with one attached hydrogen (secondary N) is 2. The number of amides is 1. The average Bonchev–Trinajstić information content (AvgIpc) is 2.91. The van der Waals surface area contributed by atoms with E-state index in [1.165, 1.54) is 6.21 Å². The Hall–Kier alpha value is -2.83. The molecule has 1 heterocycles. The molecule has 2 rings (SSSR count). The van der Waals surface area contributed by atoms with Gasteiger partial charge in [0.1, 0.15) is 5.75 Å². The van der Waals surface area contributed by atoms with Crippen molar-refractivity contribution in [3.05, 3.63) is 42.2 Å². The maximum absolute atomic E-state index is 11.6. The number of ether oxygens (including phenoxy) is 1. The van der Waals surface area contributed by atoms with Crippen LogP contribution in [0.3, 0.4) is 0 Å². The second kappa shape index (κ2) is 7.09. The van der Waals surface area contributed by atoms with Gasteiger partial charge in [-0.2, -0.15) is 10.2 Å². The Morgan fingerprint density at radius 1 is 1.43 bits per heavy atom. The SMILES string of the molecule is COc1ccc(NCC(=O)N/N=C/c2cnn(C)c2)cc1. The third kappa shape index (κ3) is 4.64. The van der Waals surface area contributed by atoms with Crippen LogP contribution in [0.1, 0.15) is 5.56 Å². The molecule has 110 valence electrons. The Kier molecular flexibility index (Phi) is 4.92. The smallest absolute Gasteiger partial charge is 0.259 e. The molecule has 7 nitrogen and oxygen atoms in total. The first-order valence-electron chi connectivity index (χ1n) is 6.36. The standard InChI is InChI=1S/C14H17N5O2/c1-19-10-11(8-17-19)7-16-18-14(20)9-15-12-3-5-13(21-2)6-4-12/h3-8,10,15H,9H2,1-2H3,(H,18,20)/b16-7+. The molecule has 2 N–H and O–H groups in total. The number of methoxy groups -OCH3 is 1. The van der Waals surface area contributed by atoms with E-state index in [0.29, 0.717) is 0 Å². The van der Waals surface area contributed by atoms with E-state index in [1.54, 1.807) is 24.2 Å². The minimum atomic E-state index is -0.231. The van der Waals surface area contributed by atoms with Crippen LogP contribution < -0.4 is 15.5 Å². The second-order valence-electron chi connectivity index (χ2n) is 4.32. The average molecular weight is 287 g/mol. The van der Waals surface area contributed by atoms with Gasteiger partial charge in [-0.05, 0) is 24.3 Å². The van der Waals surface area contributed by atoms with Crippen LogP contribution in [0.15, 0.2) is 41.8 Å². The highest BCUT2D eigenvalue weighted by atomic mass is 16.5. The van der Waals surface area contributed by atoms with Crippen molar-refractivity contribution >= 4 is 17.8 Å². The van der Waals surface area contributed by atoms with Crippen molar-refractivity contribution < 1.29 is 9.53 Å². The maximum atomic E-state index is 11.6. The van der Waals surface area contributed by atoms with E-state index in [2.05, 4.69) is 20.9 Å². The molecule has 0 aliphatic carbocycles. The van der Waals surface area contributed by atoms with Crippen LogP contribution in [0.25, 0.3) is 0 Å². The molecule has 0 spiro atoms. The van der Waals surface area contributed by atoms with Crippen molar-refractivity contribution in [3.63, 3.8) is 0 Å². The summed E-state index contributed by atoms with van der Waals surface area (Å²) in [5.74, 6) is 0.539. The van der Waals surface area contributed by atoms with Crippen molar-refractivity contribution in [3.8, 4) is 5.75 Å². The van der Waals surface area contributed by atoms with Crippen molar-refractivity contribution in [2.24, 2.45) is 12.1 Å². The third-order valence-corrected chi connectivity index (χ3v) is 2.67. The number of benzene rings is 1. The lowest BCUT2D eigenvalue weighted by Crippen LogP contribution is -2.25. The van der Waals surface area contributed by atoms with Gasteiger partial charge >= 0.3 is 0 Å². The molecule has 2 aromatic rings. The van der Waals surface area contributed by atoms with Gasteiger partial charge in [-0.1, -0.05) is 0 Å². The van der Waals surface area contributed by atoms with Crippen LogP contribution in [0.2, 0.25) is 0 Å². The zero-order valence-corrected chi connectivity index (χ0v) is 11.9. The Labute approximate surface area is 122 Å². The van der Waals surface area contributed by atoms with E-state index in [-0.39, 0.29) is 12.5 Å². The topological polar surface area (TPSA) is 80.5 Å². The molecule has 21 heavy (non-hydrogen) atoms. The molecule has 0 aliphatic heterocycles. The number of carbonyl (C=O) groups is 1. The number of nitrogens with zero attached hydrogens (tertiary/aromatic N) is 3. The predicted octanol–water partition coefficient (Wildman–Crippen LogP) is 0.991. The summed E-state index contributed by atoms with van der Waals surface area (Å²) in [4.78, 5) is 11.6. The summed E-state index contributed by atoms with van der Waals surface area (Å²) in [6.45, 7) is 0.136. The molecule has 0 saturated heterocycles. The minimum absolute atomic E-state index is 0.136. The van der Waals surface area contributed by atoms with Crippen molar-refractivity contribution in [1.82, 2.24) is 15.2 Å². The number of rotatable bonds is 6. The van der Waals surface area contributed by atoms with E-state index in [4.69, 9.17) is 4.74 Å². The number of hydrogen-bond donors (Lipinski definition) is 2. The molecular weight excluding hydrogens is 270 g/mol. The van der Waals surface area contributed by atoms with Crippen molar-refractivity contribution in [2.45, 2.75) is 0 Å². The molecule has 0 aliphatic rings. The normalized spacial score (nSPS) is 10.6. The number of aryl methyl sites for hydroxylation is 1. The van der Waals surface area contributed by atoms with Gasteiger partial charge in [0.25, 0.3) is 5.91 Å². The van der Waals surface area contributed by atoms with Gasteiger partial charge in [-0.3, -0.25) is 9.48 Å². The lowest BCUT2D eigenvalue weighted by Gasteiger charge is -2.06. The van der Waals surface area contributed by atoms with E-state index in [0.717, 1.165) is 17.0 Å². The summed E-state index contributed by atoms with van der Waals surface area (Å²) >= 11 is 0. The van der Waals surface area contributed by atoms with Crippen LogP contribution in [0.5, 0.6) is 5.75 Å². The predicted molar refractivity (Wildman–Crippen MR) is 80.4 cm³/mol. The number of hydrogen-bond acceptors (Lipinski definition) is 5. The van der Waals surface area contributed by atoms with Crippen molar-refractivity contribution in [2.75, 3.05) is 19.0 Å². The summed E-state index contributed by atoms with van der Waals surface area (Å²) < 4.78 is 6.72. The molecule has 0 radical (unpaired) electrons. The summed E-state index contributed by atoms with van der Waals surface area (Å²) in [5, 5.41) is 10.8. The first-order chi connectivity index (χ1) is 10.2. The highest BCUT2D eigenvalue weighted by Crippen LogP contribution is 2.14. The summed E-state index contributed by atoms with van der Waals surface area (Å²) in [5.41, 5.74) is 4.10. The molecule has 7 heteroatoms. The monoisotopic (exact) mass is 287 g/mol. The van der Waals surface area contributed by atoms with Crippen molar-refractivity contribution in [1.29, 1.82) is 0 Å². The Morgan fingerprint density at radius 2 is 2.19 bits per heavy atom. The molecule has 1 aromatic heterocycles. The number of aromatic nitrogens is 2. The van der Waals surface area contributed by atoms with Gasteiger partial charge in [-0.25, -0.2) is 5.43 Å². The van der Waals surface area contributed by atoms with Crippen LogP contribution >= 0.6 is 0 Å². The highest BCUT2D eigenvalue weighted by molar-refractivity contribution is 5.83. The first-order valence-corrected chi connectivity index (χ1v) is 6.36. The van der Waals surface area contributed by atoms with Gasteiger partial charge in [-0.15, -0.1) is 0 Å². The zero-order chi connectivity index (χ0) is 15.1. The Bertz CT molecular complexity index is 619. The van der Waals surface area contributed by atoms with E-state index in [9.17, 15) is 4.79 Å². The quantitative estimate of drug-likeness (QED) is 0.613. The zero-order valence-electron chi connectivity index (χ0n) is 11.9. The van der Waals surface area contributed by atoms with Gasteiger partial charge in [0.05, 0.1) is 26.1 Å². The summed E-state index contributed by atoms with van der Waals surface area (Å²) in [6, 6.07) is 7.32. The number of hydrazone groups is 1.